The number of aromatic carboxylic acids is 1. The van der Waals surface area contributed by atoms with Crippen LogP contribution in [0, 0.1) is 0 Å². The maximum Gasteiger partial charge on any atom is 1.00 e. The topological polar surface area (TPSA) is 81.7 Å². The van der Waals surface area contributed by atoms with Crippen LogP contribution in [0.5, 0.6) is 5.75 Å². The molecule has 1 amide bonds. The van der Waals surface area contributed by atoms with Gasteiger partial charge >= 0.3 is 25.2 Å². The molecule has 0 radical (unpaired) electrons. The second-order valence-corrected chi connectivity index (χ2v) is 7.82. The predicted octanol–water partition coefficient (Wildman–Crippen LogP) is 0.185. The van der Waals surface area contributed by atoms with Crippen molar-refractivity contribution in [2.45, 2.75) is 51.2 Å². The average molecular weight is 456 g/mol. The Balaban J connectivity index is 0.00000385. The molecule has 172 valence electrons. The third-order valence-corrected chi connectivity index (χ3v) is 5.44. The fraction of sp³-hybridized carbons (Fsp3) is 0.391. The molecule has 1 saturated heterocycles. The number of alkyl halides is 3. The number of carboxylic acid groups (broad SMARTS) is 1. The summed E-state index contributed by atoms with van der Waals surface area (Å²) in [5.41, 5.74) is 1.43. The molecule has 2 aromatic carbocycles. The summed E-state index contributed by atoms with van der Waals surface area (Å²) >= 11 is 0. The SMILES string of the molecule is C[C@H](NC(=O)[C@H]1CCCCN1Cc1cccc(OC(F)(F)F)c1)c1ccc(C(=O)[O-])cc1.[Li+]. The zero-order valence-corrected chi connectivity index (χ0v) is 18.5. The number of ether oxygens (including phenoxy) is 1. The van der Waals surface area contributed by atoms with Gasteiger partial charge in [0.25, 0.3) is 0 Å². The van der Waals surface area contributed by atoms with Crippen molar-refractivity contribution >= 4 is 11.9 Å². The van der Waals surface area contributed by atoms with Crippen molar-refractivity contribution in [1.82, 2.24) is 10.2 Å². The van der Waals surface area contributed by atoms with Crippen LogP contribution in [0.4, 0.5) is 13.2 Å². The van der Waals surface area contributed by atoms with Gasteiger partial charge in [-0.15, -0.1) is 13.2 Å². The fourth-order valence-corrected chi connectivity index (χ4v) is 3.85. The van der Waals surface area contributed by atoms with Crippen LogP contribution in [-0.4, -0.2) is 35.7 Å². The number of nitrogens with one attached hydrogen (secondary N) is 1. The zero-order valence-electron chi connectivity index (χ0n) is 18.5. The Morgan fingerprint density at radius 2 is 1.88 bits per heavy atom. The van der Waals surface area contributed by atoms with Crippen LogP contribution in [0.15, 0.2) is 48.5 Å². The van der Waals surface area contributed by atoms with E-state index in [0.717, 1.165) is 18.4 Å². The van der Waals surface area contributed by atoms with Crippen LogP contribution in [0.2, 0.25) is 0 Å². The Bertz CT molecular complexity index is 953. The van der Waals surface area contributed by atoms with Crippen molar-refractivity contribution in [2.24, 2.45) is 0 Å². The average Bonchev–Trinajstić information content (AvgIpc) is 2.73. The number of rotatable bonds is 7. The standard InChI is InChI=1S/C23H25F3N2O4.Li/c1-15(17-8-10-18(11-9-17)22(30)31)27-21(29)20-7-2-3-12-28(20)14-16-5-4-6-19(13-16)32-23(24,25)26;/h4-6,8-11,13,15,20H,2-3,7,12,14H2,1H3,(H,27,29)(H,30,31);/q;+1/p-1/t15-,20+;/m0./s1. The van der Waals surface area contributed by atoms with Crippen LogP contribution in [0.25, 0.3) is 0 Å². The molecule has 1 aliphatic heterocycles. The van der Waals surface area contributed by atoms with Crippen molar-refractivity contribution in [2.75, 3.05) is 6.54 Å². The van der Waals surface area contributed by atoms with Gasteiger partial charge in [-0.2, -0.15) is 0 Å². The number of benzene rings is 2. The van der Waals surface area contributed by atoms with Crippen molar-refractivity contribution in [1.29, 1.82) is 0 Å². The third kappa shape index (κ3) is 7.81. The first-order valence-electron chi connectivity index (χ1n) is 10.3. The van der Waals surface area contributed by atoms with Gasteiger partial charge in [0, 0.05) is 6.54 Å². The van der Waals surface area contributed by atoms with Crippen molar-refractivity contribution in [3.8, 4) is 5.75 Å². The minimum atomic E-state index is -4.76. The molecule has 0 bridgehead atoms. The van der Waals surface area contributed by atoms with E-state index in [2.05, 4.69) is 10.1 Å². The summed E-state index contributed by atoms with van der Waals surface area (Å²) in [5.74, 6) is -1.73. The quantitative estimate of drug-likeness (QED) is 0.602. The number of nitrogens with zero attached hydrogens (tertiary/aromatic N) is 1. The molecule has 0 unspecified atom stereocenters. The molecule has 33 heavy (non-hydrogen) atoms. The van der Waals surface area contributed by atoms with E-state index in [1.165, 1.54) is 30.3 Å². The van der Waals surface area contributed by atoms with Gasteiger partial charge in [0.2, 0.25) is 5.91 Å². The molecular weight excluding hydrogens is 432 g/mol. The van der Waals surface area contributed by atoms with Crippen molar-refractivity contribution < 1.29 is 51.5 Å². The first-order valence-corrected chi connectivity index (χ1v) is 10.3. The van der Waals surface area contributed by atoms with Crippen LogP contribution >= 0.6 is 0 Å². The number of amides is 1. The Hall–Kier alpha value is -2.47. The Morgan fingerprint density at radius 1 is 1.18 bits per heavy atom. The molecule has 10 heteroatoms. The number of carbonyl (C=O) groups excluding carboxylic acids is 2. The zero-order chi connectivity index (χ0) is 23.3. The van der Waals surface area contributed by atoms with Crippen LogP contribution in [0.3, 0.4) is 0 Å². The minimum Gasteiger partial charge on any atom is -0.545 e. The number of hydrogen-bond acceptors (Lipinski definition) is 5. The van der Waals surface area contributed by atoms with Gasteiger partial charge in [-0.05, 0) is 55.1 Å². The molecule has 2 aromatic rings. The van der Waals surface area contributed by atoms with E-state index in [1.807, 2.05) is 4.90 Å². The van der Waals surface area contributed by atoms with Crippen LogP contribution in [-0.2, 0) is 11.3 Å². The largest absolute Gasteiger partial charge is 1.00 e. The summed E-state index contributed by atoms with van der Waals surface area (Å²) in [4.78, 5) is 25.8. The molecule has 6 nitrogen and oxygen atoms in total. The number of halogens is 3. The van der Waals surface area contributed by atoms with E-state index in [9.17, 15) is 27.9 Å². The number of likely N-dealkylation sites (tertiary alicyclic amines) is 1. The second-order valence-electron chi connectivity index (χ2n) is 7.82. The fourth-order valence-electron chi connectivity index (χ4n) is 3.85. The third-order valence-electron chi connectivity index (χ3n) is 5.44. The van der Waals surface area contributed by atoms with E-state index in [4.69, 9.17) is 0 Å². The minimum absolute atomic E-state index is 0. The number of carbonyl (C=O) groups is 2. The van der Waals surface area contributed by atoms with Gasteiger partial charge in [-0.1, -0.05) is 42.8 Å². The van der Waals surface area contributed by atoms with Gasteiger partial charge in [-0.25, -0.2) is 0 Å². The first kappa shape index (κ1) is 26.8. The van der Waals surface area contributed by atoms with Crippen molar-refractivity contribution in [3.63, 3.8) is 0 Å². The molecule has 0 saturated carbocycles. The summed E-state index contributed by atoms with van der Waals surface area (Å²) in [7, 11) is 0. The molecule has 2 atom stereocenters. The summed E-state index contributed by atoms with van der Waals surface area (Å²) in [6, 6.07) is 11.1. The summed E-state index contributed by atoms with van der Waals surface area (Å²) < 4.78 is 41.5. The smallest absolute Gasteiger partial charge is 0.545 e. The molecular formula is C23H24F3LiN2O4. The molecule has 0 aliphatic carbocycles. The molecule has 1 fully saturated rings. The van der Waals surface area contributed by atoms with E-state index in [1.54, 1.807) is 25.1 Å². The Kier molecular flexibility index (Phi) is 9.41. The van der Waals surface area contributed by atoms with Crippen LogP contribution in [0.1, 0.15) is 53.7 Å². The molecule has 3 rings (SSSR count). The van der Waals surface area contributed by atoms with Crippen molar-refractivity contribution in [3.05, 3.63) is 65.2 Å². The maximum atomic E-state index is 13.0. The summed E-state index contributed by atoms with van der Waals surface area (Å²) in [5, 5.41) is 13.8. The Morgan fingerprint density at radius 3 is 2.52 bits per heavy atom. The number of hydrogen-bond donors (Lipinski definition) is 1. The van der Waals surface area contributed by atoms with E-state index in [0.29, 0.717) is 25.1 Å². The summed E-state index contributed by atoms with van der Waals surface area (Å²) in [6.45, 7) is 2.77. The normalized spacial score (nSPS) is 17.5. The second kappa shape index (κ2) is 11.6. The molecule has 1 aliphatic rings. The van der Waals surface area contributed by atoms with Gasteiger partial charge in [0.05, 0.1) is 18.1 Å². The number of piperidine rings is 1. The number of carboxylic acids is 1. The van der Waals surface area contributed by atoms with Gasteiger partial charge in [0.1, 0.15) is 5.75 Å². The molecule has 1 heterocycles. The van der Waals surface area contributed by atoms with Gasteiger partial charge in [-0.3, -0.25) is 9.69 Å². The molecule has 1 N–H and O–H groups in total. The summed E-state index contributed by atoms with van der Waals surface area (Å²) in [6.07, 6.45) is -2.36. The molecule has 0 aromatic heterocycles. The Labute approximate surface area is 202 Å². The van der Waals surface area contributed by atoms with Gasteiger partial charge < -0.3 is 20.0 Å². The maximum absolute atomic E-state index is 13.0. The van der Waals surface area contributed by atoms with Gasteiger partial charge in [0.15, 0.2) is 0 Å². The van der Waals surface area contributed by atoms with E-state index >= 15 is 0 Å². The van der Waals surface area contributed by atoms with Crippen LogP contribution < -0.4 is 34.0 Å². The predicted molar refractivity (Wildman–Crippen MR) is 109 cm³/mol. The monoisotopic (exact) mass is 456 g/mol. The van der Waals surface area contributed by atoms with E-state index < -0.39 is 18.4 Å². The first-order chi connectivity index (χ1) is 15.1. The molecule has 0 spiro atoms. The van der Waals surface area contributed by atoms with E-state index in [-0.39, 0.29) is 42.1 Å².